The van der Waals surface area contributed by atoms with Gasteiger partial charge in [0, 0.05) is 17.5 Å². The quantitative estimate of drug-likeness (QED) is 0.602. The Labute approximate surface area is 107 Å². The van der Waals surface area contributed by atoms with Gasteiger partial charge in [0.2, 0.25) is 0 Å². The summed E-state index contributed by atoms with van der Waals surface area (Å²) in [5.41, 5.74) is 3.40. The van der Waals surface area contributed by atoms with Gasteiger partial charge in [0.1, 0.15) is 0 Å². The minimum Gasteiger partial charge on any atom is -0.289 e. The average molecular weight is 237 g/mol. The van der Waals surface area contributed by atoms with Crippen LogP contribution in [0.1, 0.15) is 28.5 Å². The highest BCUT2D eigenvalue weighted by molar-refractivity contribution is 6.10. The summed E-state index contributed by atoms with van der Waals surface area (Å²) >= 11 is 0. The maximum absolute atomic E-state index is 12.2. The van der Waals surface area contributed by atoms with E-state index in [9.17, 15) is 4.79 Å². The number of hydrogen-bond donors (Lipinski definition) is 0. The van der Waals surface area contributed by atoms with E-state index >= 15 is 0 Å². The molecule has 0 saturated heterocycles. The van der Waals surface area contributed by atoms with Crippen molar-refractivity contribution in [3.8, 4) is 0 Å². The molecular weight excluding hydrogens is 222 g/mol. The van der Waals surface area contributed by atoms with Crippen LogP contribution in [0.15, 0.2) is 54.2 Å². The first-order valence-electron chi connectivity index (χ1n) is 5.87. The van der Waals surface area contributed by atoms with Crippen LogP contribution in [-0.2, 0) is 0 Å². The van der Waals surface area contributed by atoms with E-state index in [1.54, 1.807) is 6.20 Å². The van der Waals surface area contributed by atoms with Crippen LogP contribution in [0, 0.1) is 6.92 Å². The third-order valence-corrected chi connectivity index (χ3v) is 2.70. The average Bonchev–Trinajstić information content (AvgIpc) is 2.39. The number of nitrogens with zero attached hydrogens (tertiary/aromatic N) is 1. The van der Waals surface area contributed by atoms with Gasteiger partial charge in [0.05, 0.1) is 0 Å². The fourth-order valence-corrected chi connectivity index (χ4v) is 1.79. The Morgan fingerprint density at radius 1 is 1.17 bits per heavy atom. The zero-order valence-corrected chi connectivity index (χ0v) is 10.6. The number of rotatable bonds is 3. The van der Waals surface area contributed by atoms with Crippen molar-refractivity contribution in [3.05, 3.63) is 71.1 Å². The number of pyridine rings is 1. The van der Waals surface area contributed by atoms with Gasteiger partial charge in [-0.15, -0.1) is 0 Å². The Balaban J connectivity index is 2.26. The summed E-state index contributed by atoms with van der Waals surface area (Å²) in [6.45, 7) is 3.77. The van der Waals surface area contributed by atoms with Crippen molar-refractivity contribution in [2.75, 3.05) is 0 Å². The molecule has 2 nitrogen and oxygen atoms in total. The number of carbonyl (C=O) groups excluding carboxylic acids is 1. The zero-order chi connectivity index (χ0) is 13.0. The molecule has 1 heterocycles. The van der Waals surface area contributed by atoms with Crippen LogP contribution < -0.4 is 0 Å². The summed E-state index contributed by atoms with van der Waals surface area (Å²) in [5, 5.41) is 0. The van der Waals surface area contributed by atoms with Gasteiger partial charge in [-0.25, -0.2) is 0 Å². The summed E-state index contributed by atoms with van der Waals surface area (Å²) in [4.78, 5) is 16.3. The number of allylic oxidation sites excluding steroid dienone is 1. The van der Waals surface area contributed by atoms with Crippen LogP contribution in [-0.4, -0.2) is 10.8 Å². The van der Waals surface area contributed by atoms with Gasteiger partial charge in [0.25, 0.3) is 0 Å². The fraction of sp³-hybridized carbons (Fsp3) is 0.125. The molecule has 0 saturated carbocycles. The molecule has 1 aromatic heterocycles. The smallest absolute Gasteiger partial charge is 0.188 e. The number of aryl methyl sites for hydroxylation is 1. The molecule has 0 unspecified atom stereocenters. The standard InChI is InChI=1S/C16H15NO/c1-12(10-14-8-9-17-13(2)11-14)16(18)15-6-4-3-5-7-15/h3-11H,1-2H3/b12-10+. The van der Waals surface area contributed by atoms with Crippen molar-refractivity contribution in [2.45, 2.75) is 13.8 Å². The molecule has 90 valence electrons. The summed E-state index contributed by atoms with van der Waals surface area (Å²) in [7, 11) is 0. The molecule has 0 spiro atoms. The molecule has 2 aromatic rings. The van der Waals surface area contributed by atoms with Gasteiger partial charge in [0.15, 0.2) is 5.78 Å². The topological polar surface area (TPSA) is 30.0 Å². The molecule has 1 aromatic carbocycles. The monoisotopic (exact) mass is 237 g/mol. The third kappa shape index (κ3) is 2.92. The highest BCUT2D eigenvalue weighted by atomic mass is 16.1. The zero-order valence-electron chi connectivity index (χ0n) is 10.6. The molecule has 0 aliphatic heterocycles. The van der Waals surface area contributed by atoms with Gasteiger partial charge in [-0.3, -0.25) is 9.78 Å². The van der Waals surface area contributed by atoms with E-state index in [0.29, 0.717) is 0 Å². The lowest BCUT2D eigenvalue weighted by Gasteiger charge is -2.02. The maximum atomic E-state index is 12.2. The summed E-state index contributed by atoms with van der Waals surface area (Å²) < 4.78 is 0. The number of hydrogen-bond acceptors (Lipinski definition) is 2. The number of ketones is 1. The van der Waals surface area contributed by atoms with Crippen molar-refractivity contribution in [1.29, 1.82) is 0 Å². The Hall–Kier alpha value is -2.22. The van der Waals surface area contributed by atoms with Crippen molar-refractivity contribution in [1.82, 2.24) is 4.98 Å². The van der Waals surface area contributed by atoms with Crippen molar-refractivity contribution < 1.29 is 4.79 Å². The van der Waals surface area contributed by atoms with E-state index in [1.807, 2.05) is 62.4 Å². The minimum absolute atomic E-state index is 0.0602. The first-order valence-corrected chi connectivity index (χ1v) is 5.87. The predicted octanol–water partition coefficient (Wildman–Crippen LogP) is 3.68. The van der Waals surface area contributed by atoms with Crippen molar-refractivity contribution in [2.24, 2.45) is 0 Å². The number of benzene rings is 1. The van der Waals surface area contributed by atoms with Gasteiger partial charge in [-0.05, 0) is 43.2 Å². The first kappa shape index (κ1) is 12.2. The second-order valence-corrected chi connectivity index (χ2v) is 4.25. The van der Waals surface area contributed by atoms with E-state index in [1.165, 1.54) is 0 Å². The fourth-order valence-electron chi connectivity index (χ4n) is 1.79. The van der Waals surface area contributed by atoms with E-state index in [2.05, 4.69) is 4.98 Å². The van der Waals surface area contributed by atoms with Crippen LogP contribution in [0.2, 0.25) is 0 Å². The molecule has 0 N–H and O–H groups in total. The van der Waals surface area contributed by atoms with Crippen molar-refractivity contribution >= 4 is 11.9 Å². The molecule has 0 radical (unpaired) electrons. The van der Waals surface area contributed by atoms with Gasteiger partial charge in [-0.2, -0.15) is 0 Å². The maximum Gasteiger partial charge on any atom is 0.188 e. The number of carbonyl (C=O) groups is 1. The van der Waals surface area contributed by atoms with Crippen molar-refractivity contribution in [3.63, 3.8) is 0 Å². The highest BCUT2D eigenvalue weighted by Crippen LogP contribution is 2.12. The molecule has 0 amide bonds. The van der Waals surface area contributed by atoms with E-state index < -0.39 is 0 Å². The molecule has 18 heavy (non-hydrogen) atoms. The summed E-state index contributed by atoms with van der Waals surface area (Å²) in [5.74, 6) is 0.0602. The van der Waals surface area contributed by atoms with E-state index in [-0.39, 0.29) is 5.78 Å². The number of aromatic nitrogens is 1. The van der Waals surface area contributed by atoms with Crippen LogP contribution >= 0.6 is 0 Å². The molecular formula is C16H15NO. The largest absolute Gasteiger partial charge is 0.289 e. The molecule has 0 bridgehead atoms. The van der Waals surface area contributed by atoms with Crippen LogP contribution in [0.25, 0.3) is 6.08 Å². The van der Waals surface area contributed by atoms with Gasteiger partial charge >= 0.3 is 0 Å². The van der Waals surface area contributed by atoms with Gasteiger partial charge < -0.3 is 0 Å². The van der Waals surface area contributed by atoms with Crippen LogP contribution in [0.3, 0.4) is 0 Å². The first-order chi connectivity index (χ1) is 8.66. The molecule has 2 rings (SSSR count). The predicted molar refractivity (Wildman–Crippen MR) is 73.4 cm³/mol. The van der Waals surface area contributed by atoms with Crippen LogP contribution in [0.5, 0.6) is 0 Å². The Bertz CT molecular complexity index is 585. The Morgan fingerprint density at radius 3 is 2.56 bits per heavy atom. The van der Waals surface area contributed by atoms with E-state index in [4.69, 9.17) is 0 Å². The molecule has 0 aliphatic rings. The SMILES string of the molecule is C/C(=C\c1ccnc(C)c1)C(=O)c1ccccc1. The van der Waals surface area contributed by atoms with Gasteiger partial charge in [-0.1, -0.05) is 30.3 Å². The second kappa shape index (κ2) is 5.41. The number of Topliss-reactive ketones (excluding diaryl/α,β-unsaturated/α-hetero) is 1. The lowest BCUT2D eigenvalue weighted by atomic mass is 10.0. The lowest BCUT2D eigenvalue weighted by Crippen LogP contribution is -2.00. The Kier molecular flexibility index (Phi) is 3.68. The normalized spacial score (nSPS) is 11.3. The second-order valence-electron chi connectivity index (χ2n) is 4.25. The molecule has 2 heteroatoms. The molecule has 0 fully saturated rings. The lowest BCUT2D eigenvalue weighted by molar-refractivity contribution is 0.103. The molecule has 0 atom stereocenters. The molecule has 0 aliphatic carbocycles. The minimum atomic E-state index is 0.0602. The Morgan fingerprint density at radius 2 is 1.89 bits per heavy atom. The highest BCUT2D eigenvalue weighted by Gasteiger charge is 2.06. The third-order valence-electron chi connectivity index (χ3n) is 2.70. The summed E-state index contributed by atoms with van der Waals surface area (Å²) in [6.07, 6.45) is 3.64. The summed E-state index contributed by atoms with van der Waals surface area (Å²) in [6, 6.07) is 13.2. The van der Waals surface area contributed by atoms with Crippen LogP contribution in [0.4, 0.5) is 0 Å². The van der Waals surface area contributed by atoms with E-state index in [0.717, 1.165) is 22.4 Å².